The van der Waals surface area contributed by atoms with E-state index in [-0.39, 0.29) is 30.0 Å². The SMILES string of the molecule is Cl.O=C1NCc2cc([N+](=O)[O-])ccc2N2CCNCC12. The molecular weight excluding hydrogens is 284 g/mol. The lowest BCUT2D eigenvalue weighted by Gasteiger charge is -2.35. The lowest BCUT2D eigenvalue weighted by Crippen LogP contribution is -2.56. The molecule has 1 fully saturated rings. The summed E-state index contributed by atoms with van der Waals surface area (Å²) in [5.74, 6) is -0.0361. The van der Waals surface area contributed by atoms with Gasteiger partial charge in [0.2, 0.25) is 5.91 Å². The first-order valence-electron chi connectivity index (χ1n) is 6.19. The number of halogens is 1. The van der Waals surface area contributed by atoms with Gasteiger partial charge in [0.1, 0.15) is 6.04 Å². The topological polar surface area (TPSA) is 87.5 Å². The molecule has 1 atom stereocenters. The number of fused-ring (bicyclic) bond motifs is 3. The summed E-state index contributed by atoms with van der Waals surface area (Å²) in [6.45, 7) is 2.47. The molecular formula is C12H15ClN4O3. The maximum absolute atomic E-state index is 12.0. The van der Waals surface area contributed by atoms with E-state index in [0.29, 0.717) is 13.1 Å². The number of carbonyl (C=O) groups is 1. The van der Waals surface area contributed by atoms with Crippen LogP contribution < -0.4 is 15.5 Å². The van der Waals surface area contributed by atoms with Gasteiger partial charge in [0.05, 0.1) is 4.92 Å². The Balaban J connectivity index is 0.00000147. The average Bonchev–Trinajstić information content (AvgIpc) is 2.57. The van der Waals surface area contributed by atoms with E-state index in [1.165, 1.54) is 6.07 Å². The van der Waals surface area contributed by atoms with Crippen LogP contribution in [0.1, 0.15) is 5.56 Å². The zero-order chi connectivity index (χ0) is 13.4. The Hall–Kier alpha value is -1.86. The largest absolute Gasteiger partial charge is 0.357 e. The van der Waals surface area contributed by atoms with Crippen molar-refractivity contribution in [1.29, 1.82) is 0 Å². The molecule has 0 aliphatic carbocycles. The summed E-state index contributed by atoms with van der Waals surface area (Å²) in [6.07, 6.45) is 0. The molecule has 2 aliphatic heterocycles. The van der Waals surface area contributed by atoms with Gasteiger partial charge in [-0.2, -0.15) is 0 Å². The molecule has 1 saturated heterocycles. The maximum Gasteiger partial charge on any atom is 0.269 e. The zero-order valence-electron chi connectivity index (χ0n) is 10.7. The summed E-state index contributed by atoms with van der Waals surface area (Å²) in [5, 5.41) is 16.8. The quantitative estimate of drug-likeness (QED) is 0.580. The number of anilines is 1. The number of hydrogen-bond donors (Lipinski definition) is 2. The summed E-state index contributed by atoms with van der Waals surface area (Å²) in [5.41, 5.74) is 1.77. The van der Waals surface area contributed by atoms with Crippen LogP contribution in [0, 0.1) is 10.1 Å². The Bertz CT molecular complexity index is 552. The van der Waals surface area contributed by atoms with Crippen LogP contribution in [0.5, 0.6) is 0 Å². The maximum atomic E-state index is 12.0. The third kappa shape index (κ3) is 2.41. The number of piperazine rings is 1. The number of nitro benzene ring substituents is 1. The minimum atomic E-state index is -0.414. The molecule has 1 amide bonds. The van der Waals surface area contributed by atoms with Gasteiger partial charge >= 0.3 is 0 Å². The molecule has 1 aromatic carbocycles. The number of nitrogens with one attached hydrogen (secondary N) is 2. The van der Waals surface area contributed by atoms with Gasteiger partial charge in [-0.1, -0.05) is 0 Å². The van der Waals surface area contributed by atoms with Crippen LogP contribution in [-0.4, -0.2) is 36.5 Å². The molecule has 2 heterocycles. The van der Waals surface area contributed by atoms with Crippen LogP contribution in [-0.2, 0) is 11.3 Å². The molecule has 0 radical (unpaired) electrons. The first-order chi connectivity index (χ1) is 9.16. The van der Waals surface area contributed by atoms with Crippen molar-refractivity contribution in [2.24, 2.45) is 0 Å². The molecule has 0 saturated carbocycles. The molecule has 2 aliphatic rings. The molecule has 1 unspecified atom stereocenters. The van der Waals surface area contributed by atoms with E-state index in [1.807, 2.05) is 4.90 Å². The summed E-state index contributed by atoms with van der Waals surface area (Å²) >= 11 is 0. The minimum Gasteiger partial charge on any atom is -0.357 e. The summed E-state index contributed by atoms with van der Waals surface area (Å²) in [7, 11) is 0. The summed E-state index contributed by atoms with van der Waals surface area (Å²) in [4.78, 5) is 24.4. The second-order valence-electron chi connectivity index (χ2n) is 4.70. The van der Waals surface area contributed by atoms with E-state index in [0.717, 1.165) is 24.3 Å². The molecule has 2 N–H and O–H groups in total. The highest BCUT2D eigenvalue weighted by Gasteiger charge is 2.32. The number of non-ortho nitro benzene ring substituents is 1. The van der Waals surface area contributed by atoms with Crippen molar-refractivity contribution in [2.45, 2.75) is 12.6 Å². The first kappa shape index (κ1) is 14.5. The van der Waals surface area contributed by atoms with Crippen molar-refractivity contribution in [1.82, 2.24) is 10.6 Å². The van der Waals surface area contributed by atoms with Crippen LogP contribution in [0.15, 0.2) is 18.2 Å². The standard InChI is InChI=1S/C12H14N4O3.ClH/c17-12-11-7-13-3-4-15(11)10-2-1-9(16(18)19)5-8(10)6-14-12;/h1-2,5,11,13H,3-4,6-7H2,(H,14,17);1H. The van der Waals surface area contributed by atoms with E-state index in [9.17, 15) is 14.9 Å². The van der Waals surface area contributed by atoms with Gasteiger partial charge < -0.3 is 15.5 Å². The predicted molar refractivity (Wildman–Crippen MR) is 76.2 cm³/mol. The van der Waals surface area contributed by atoms with E-state index in [4.69, 9.17) is 0 Å². The molecule has 1 aromatic rings. The fourth-order valence-electron chi connectivity index (χ4n) is 2.63. The first-order valence-corrected chi connectivity index (χ1v) is 6.19. The number of nitro groups is 1. The molecule has 8 heteroatoms. The Labute approximate surface area is 121 Å². The molecule has 0 bridgehead atoms. The number of amides is 1. The highest BCUT2D eigenvalue weighted by atomic mass is 35.5. The van der Waals surface area contributed by atoms with E-state index in [2.05, 4.69) is 10.6 Å². The van der Waals surface area contributed by atoms with Crippen LogP contribution in [0.4, 0.5) is 11.4 Å². The Morgan fingerprint density at radius 1 is 1.40 bits per heavy atom. The fraction of sp³-hybridized carbons (Fsp3) is 0.417. The van der Waals surface area contributed by atoms with Gasteiger partial charge in [0.25, 0.3) is 5.69 Å². The highest BCUT2D eigenvalue weighted by molar-refractivity contribution is 5.87. The van der Waals surface area contributed by atoms with E-state index < -0.39 is 4.92 Å². The molecule has 7 nitrogen and oxygen atoms in total. The van der Waals surface area contributed by atoms with Crippen LogP contribution in [0.3, 0.4) is 0 Å². The predicted octanol–water partition coefficient (Wildman–Crippen LogP) is 0.425. The minimum absolute atomic E-state index is 0. The monoisotopic (exact) mass is 298 g/mol. The zero-order valence-corrected chi connectivity index (χ0v) is 11.5. The van der Waals surface area contributed by atoms with Crippen LogP contribution in [0.25, 0.3) is 0 Å². The second kappa shape index (κ2) is 5.64. The van der Waals surface area contributed by atoms with Gasteiger partial charge in [-0.25, -0.2) is 0 Å². The lowest BCUT2D eigenvalue weighted by atomic mass is 10.1. The smallest absolute Gasteiger partial charge is 0.269 e. The van der Waals surface area contributed by atoms with Gasteiger partial charge in [0, 0.05) is 49.6 Å². The average molecular weight is 299 g/mol. The van der Waals surface area contributed by atoms with Crippen LogP contribution in [0.2, 0.25) is 0 Å². The number of rotatable bonds is 1. The highest BCUT2D eigenvalue weighted by Crippen LogP contribution is 2.29. The number of benzene rings is 1. The summed E-state index contributed by atoms with van der Waals surface area (Å²) in [6, 6.07) is 4.54. The van der Waals surface area contributed by atoms with Crippen molar-refractivity contribution in [3.63, 3.8) is 0 Å². The third-order valence-electron chi connectivity index (χ3n) is 3.58. The van der Waals surface area contributed by atoms with Crippen molar-refractivity contribution in [3.8, 4) is 0 Å². The van der Waals surface area contributed by atoms with Gasteiger partial charge in [0.15, 0.2) is 0 Å². The van der Waals surface area contributed by atoms with Crippen molar-refractivity contribution >= 4 is 29.7 Å². The number of carbonyl (C=O) groups excluding carboxylic acids is 1. The van der Waals surface area contributed by atoms with Gasteiger partial charge in [-0.15, -0.1) is 12.4 Å². The van der Waals surface area contributed by atoms with Gasteiger partial charge in [-0.05, 0) is 6.07 Å². The van der Waals surface area contributed by atoms with E-state index in [1.54, 1.807) is 12.1 Å². The second-order valence-corrected chi connectivity index (χ2v) is 4.70. The van der Waals surface area contributed by atoms with Crippen molar-refractivity contribution in [2.75, 3.05) is 24.5 Å². The molecule has 108 valence electrons. The Morgan fingerprint density at radius 2 is 2.20 bits per heavy atom. The number of nitrogens with zero attached hydrogens (tertiary/aromatic N) is 2. The summed E-state index contributed by atoms with van der Waals surface area (Å²) < 4.78 is 0. The lowest BCUT2D eigenvalue weighted by molar-refractivity contribution is -0.384. The fourth-order valence-corrected chi connectivity index (χ4v) is 2.63. The normalized spacial score (nSPS) is 20.9. The Morgan fingerprint density at radius 3 is 2.95 bits per heavy atom. The van der Waals surface area contributed by atoms with Crippen LogP contribution >= 0.6 is 12.4 Å². The van der Waals surface area contributed by atoms with E-state index >= 15 is 0 Å². The number of hydrogen-bond acceptors (Lipinski definition) is 5. The molecule has 3 rings (SSSR count). The van der Waals surface area contributed by atoms with Crippen molar-refractivity contribution in [3.05, 3.63) is 33.9 Å². The molecule has 20 heavy (non-hydrogen) atoms. The third-order valence-corrected chi connectivity index (χ3v) is 3.58. The Kier molecular flexibility index (Phi) is 4.10. The molecule has 0 aromatic heterocycles. The van der Waals surface area contributed by atoms with Gasteiger partial charge in [-0.3, -0.25) is 14.9 Å². The molecule has 0 spiro atoms. The van der Waals surface area contributed by atoms with Crippen molar-refractivity contribution < 1.29 is 9.72 Å².